The van der Waals surface area contributed by atoms with Gasteiger partial charge in [0.15, 0.2) is 5.65 Å². The molecular formula is C28H31FN6O2. The first kappa shape index (κ1) is 24.8. The molecule has 0 aromatic carbocycles. The molecule has 0 spiro atoms. The third-order valence-corrected chi connectivity index (χ3v) is 7.12. The second kappa shape index (κ2) is 9.88. The van der Waals surface area contributed by atoms with Crippen molar-refractivity contribution in [2.75, 3.05) is 24.5 Å². The van der Waals surface area contributed by atoms with Crippen molar-refractivity contribution < 1.29 is 9.18 Å². The van der Waals surface area contributed by atoms with Crippen LogP contribution in [0, 0.1) is 5.82 Å². The number of anilines is 1. The van der Waals surface area contributed by atoms with Gasteiger partial charge in [0.1, 0.15) is 11.6 Å². The Balaban J connectivity index is 1.78. The minimum atomic E-state index is -0.479. The maximum atomic E-state index is 15.4. The summed E-state index contributed by atoms with van der Waals surface area (Å²) < 4.78 is 16.9. The van der Waals surface area contributed by atoms with Gasteiger partial charge in [-0.3, -0.25) is 9.78 Å². The van der Waals surface area contributed by atoms with E-state index in [9.17, 15) is 9.59 Å². The van der Waals surface area contributed by atoms with Crippen molar-refractivity contribution in [1.29, 1.82) is 0 Å². The number of nitrogens with zero attached hydrogens (tertiary/aromatic N) is 6. The van der Waals surface area contributed by atoms with Gasteiger partial charge < -0.3 is 9.80 Å². The summed E-state index contributed by atoms with van der Waals surface area (Å²) in [6.45, 7) is 11.0. The van der Waals surface area contributed by atoms with Gasteiger partial charge in [0, 0.05) is 38.3 Å². The van der Waals surface area contributed by atoms with Gasteiger partial charge in [-0.25, -0.2) is 18.7 Å². The van der Waals surface area contributed by atoms with Gasteiger partial charge in [0.05, 0.1) is 22.5 Å². The number of fused-ring (bicyclic) bond motifs is 3. The number of allylic oxidation sites excluding steroid dienone is 2. The number of carbonyl (C=O) groups excluding carboxylic acids is 1. The summed E-state index contributed by atoms with van der Waals surface area (Å²) in [5.41, 5.74) is 2.60. The molecule has 2 aliphatic rings. The highest BCUT2D eigenvalue weighted by Gasteiger charge is 2.30. The van der Waals surface area contributed by atoms with Crippen molar-refractivity contribution in [3.05, 3.63) is 76.4 Å². The monoisotopic (exact) mass is 502 g/mol. The fraction of sp³-hybridized carbons (Fsp3) is 0.393. The second-order valence-electron chi connectivity index (χ2n) is 9.95. The lowest BCUT2D eigenvalue weighted by molar-refractivity contribution is -0.126. The van der Waals surface area contributed by atoms with E-state index >= 15 is 4.39 Å². The van der Waals surface area contributed by atoms with Crippen molar-refractivity contribution in [3.8, 4) is 5.69 Å². The predicted octanol–water partition coefficient (Wildman–Crippen LogP) is 3.71. The van der Waals surface area contributed by atoms with Crippen LogP contribution in [0.4, 0.5) is 10.2 Å². The molecule has 0 saturated carbocycles. The maximum Gasteiger partial charge on any atom is 0.355 e. The SMILES string of the molecule is C=CC(=O)N1CCN(c2nc(=O)n3c4nc(c(F)cc24)C/C=C/CCc2ccnc(C(C)C)c2-3)[C@@H](C)C1. The van der Waals surface area contributed by atoms with E-state index in [4.69, 9.17) is 4.98 Å². The summed E-state index contributed by atoms with van der Waals surface area (Å²) in [5.74, 6) is -0.142. The molecule has 1 saturated heterocycles. The van der Waals surface area contributed by atoms with Gasteiger partial charge >= 0.3 is 5.69 Å². The first-order chi connectivity index (χ1) is 17.8. The standard InChI is InChI=1S/C28H31FN6O2/c1-5-23(36)33-13-14-34(18(4)16-33)26-20-15-21(29)22-10-8-6-7-9-19-11-12-30-24(17(2)3)25(19)35(27(20)31-22)28(37)32-26/h5-6,8,11-12,15,17-18H,1,7,9-10,13-14,16H2,2-4H3/b8-6+/t18-/m0/s1. The Bertz CT molecular complexity index is 1480. The van der Waals surface area contributed by atoms with Gasteiger partial charge in [0.2, 0.25) is 5.91 Å². The Morgan fingerprint density at radius 3 is 2.78 bits per heavy atom. The molecule has 5 heterocycles. The lowest BCUT2D eigenvalue weighted by Crippen LogP contribution is -2.54. The Labute approximate surface area is 215 Å². The van der Waals surface area contributed by atoms with E-state index in [1.54, 1.807) is 11.1 Å². The van der Waals surface area contributed by atoms with Gasteiger partial charge in [-0.15, -0.1) is 0 Å². The molecule has 2 aliphatic heterocycles. The zero-order valence-corrected chi connectivity index (χ0v) is 21.4. The molecule has 0 aliphatic carbocycles. The zero-order valence-electron chi connectivity index (χ0n) is 21.4. The summed E-state index contributed by atoms with van der Waals surface area (Å²) in [4.78, 5) is 43.5. The van der Waals surface area contributed by atoms with Crippen LogP contribution in [0.25, 0.3) is 16.7 Å². The van der Waals surface area contributed by atoms with Crippen LogP contribution in [0.15, 0.2) is 47.9 Å². The van der Waals surface area contributed by atoms with E-state index in [2.05, 4.69) is 16.5 Å². The average Bonchev–Trinajstić information content (AvgIpc) is 2.91. The summed E-state index contributed by atoms with van der Waals surface area (Å²) >= 11 is 0. The Hall–Kier alpha value is -3.88. The Kier molecular flexibility index (Phi) is 6.62. The maximum absolute atomic E-state index is 15.4. The summed E-state index contributed by atoms with van der Waals surface area (Å²) in [5, 5.41) is 0.462. The minimum absolute atomic E-state index is 0.0488. The molecular weight excluding hydrogens is 471 g/mol. The Morgan fingerprint density at radius 1 is 1.24 bits per heavy atom. The number of amides is 1. The first-order valence-electron chi connectivity index (χ1n) is 12.7. The largest absolute Gasteiger partial charge is 0.355 e. The predicted molar refractivity (Wildman–Crippen MR) is 142 cm³/mol. The van der Waals surface area contributed by atoms with Crippen LogP contribution in [0.3, 0.4) is 0 Å². The lowest BCUT2D eigenvalue weighted by atomic mass is 10.0. The molecule has 0 N–H and O–H groups in total. The number of halogens is 1. The second-order valence-corrected chi connectivity index (χ2v) is 9.95. The number of aromatic nitrogens is 4. The number of piperazine rings is 1. The fourth-order valence-corrected chi connectivity index (χ4v) is 5.25. The van der Waals surface area contributed by atoms with Crippen molar-refractivity contribution in [2.24, 2.45) is 0 Å². The highest BCUT2D eigenvalue weighted by molar-refractivity contribution is 5.90. The molecule has 192 valence electrons. The van der Waals surface area contributed by atoms with Crippen LogP contribution < -0.4 is 10.6 Å². The summed E-state index contributed by atoms with van der Waals surface area (Å²) in [6, 6.07) is 3.24. The van der Waals surface area contributed by atoms with Crippen LogP contribution in [0.2, 0.25) is 0 Å². The number of rotatable bonds is 3. The molecule has 1 atom stereocenters. The molecule has 8 nitrogen and oxygen atoms in total. The normalized spacial score (nSPS) is 18.6. The smallest absolute Gasteiger partial charge is 0.350 e. The number of hydrogen-bond donors (Lipinski definition) is 0. The molecule has 0 unspecified atom stereocenters. The molecule has 5 rings (SSSR count). The number of aryl methyl sites for hydroxylation is 1. The van der Waals surface area contributed by atoms with E-state index < -0.39 is 11.5 Å². The van der Waals surface area contributed by atoms with Gasteiger partial charge in [-0.2, -0.15) is 4.98 Å². The topological polar surface area (TPSA) is 84.2 Å². The average molecular weight is 503 g/mol. The van der Waals surface area contributed by atoms with Crippen LogP contribution >= 0.6 is 0 Å². The van der Waals surface area contributed by atoms with E-state index in [1.165, 1.54) is 16.7 Å². The lowest BCUT2D eigenvalue weighted by Gasteiger charge is -2.40. The third kappa shape index (κ3) is 4.43. The van der Waals surface area contributed by atoms with Gasteiger partial charge in [-0.05, 0) is 49.5 Å². The van der Waals surface area contributed by atoms with Crippen LogP contribution in [0.5, 0.6) is 0 Å². The molecule has 3 aromatic heterocycles. The highest BCUT2D eigenvalue weighted by atomic mass is 19.1. The molecule has 0 radical (unpaired) electrons. The van der Waals surface area contributed by atoms with Crippen LogP contribution in [0.1, 0.15) is 50.1 Å². The van der Waals surface area contributed by atoms with E-state index in [1.807, 2.05) is 43.9 Å². The Morgan fingerprint density at radius 2 is 2.05 bits per heavy atom. The van der Waals surface area contributed by atoms with E-state index in [0.717, 1.165) is 17.7 Å². The highest BCUT2D eigenvalue weighted by Crippen LogP contribution is 2.32. The van der Waals surface area contributed by atoms with Crippen molar-refractivity contribution >= 4 is 22.8 Å². The molecule has 1 fully saturated rings. The summed E-state index contributed by atoms with van der Waals surface area (Å²) in [7, 11) is 0. The fourth-order valence-electron chi connectivity index (χ4n) is 5.25. The van der Waals surface area contributed by atoms with E-state index in [-0.39, 0.29) is 23.6 Å². The zero-order chi connectivity index (χ0) is 26.3. The van der Waals surface area contributed by atoms with Gasteiger partial charge in [0.25, 0.3) is 0 Å². The van der Waals surface area contributed by atoms with Gasteiger partial charge in [-0.1, -0.05) is 32.6 Å². The van der Waals surface area contributed by atoms with Crippen LogP contribution in [-0.2, 0) is 17.6 Å². The molecule has 3 aromatic rings. The molecule has 1 amide bonds. The van der Waals surface area contributed by atoms with Crippen molar-refractivity contribution in [2.45, 2.75) is 52.0 Å². The van der Waals surface area contributed by atoms with E-state index in [0.29, 0.717) is 55.0 Å². The number of pyridine rings is 2. The van der Waals surface area contributed by atoms with Crippen LogP contribution in [-0.4, -0.2) is 56.0 Å². The summed E-state index contributed by atoms with van der Waals surface area (Å²) in [6.07, 6.45) is 8.82. The van der Waals surface area contributed by atoms with Crippen molar-refractivity contribution in [3.63, 3.8) is 0 Å². The quantitative estimate of drug-likeness (QED) is 0.401. The first-order valence-corrected chi connectivity index (χ1v) is 12.7. The molecule has 2 bridgehead atoms. The number of carbonyl (C=O) groups is 1. The minimum Gasteiger partial charge on any atom is -0.350 e. The molecule has 37 heavy (non-hydrogen) atoms. The van der Waals surface area contributed by atoms with Crippen molar-refractivity contribution in [1.82, 2.24) is 24.4 Å². The number of hydrogen-bond acceptors (Lipinski definition) is 6. The third-order valence-electron chi connectivity index (χ3n) is 7.12. The molecule has 9 heteroatoms.